The van der Waals surface area contributed by atoms with E-state index in [1.165, 1.54) is 61.1 Å². The van der Waals surface area contributed by atoms with E-state index < -0.39 is 0 Å². The molecule has 1 heterocycles. The zero-order chi connectivity index (χ0) is 28.2. The number of likely N-dealkylation sites (tertiary alicyclic amines) is 1. The Kier molecular flexibility index (Phi) is 7.51. The number of aliphatic imine (C=N–C) groups is 1. The van der Waals surface area contributed by atoms with Crippen molar-refractivity contribution in [3.8, 4) is 0 Å². The first kappa shape index (κ1) is 28.3. The Balaban J connectivity index is 1.40. The summed E-state index contributed by atoms with van der Waals surface area (Å²) >= 11 is 0. The highest BCUT2D eigenvalue weighted by Crippen LogP contribution is 2.75. The summed E-state index contributed by atoms with van der Waals surface area (Å²) in [5.74, 6) is 2.20. The van der Waals surface area contributed by atoms with Gasteiger partial charge in [0.1, 0.15) is 0 Å². The molecule has 2 nitrogen and oxygen atoms in total. The lowest BCUT2D eigenvalue weighted by molar-refractivity contribution is -0.0633. The molecule has 5 unspecified atom stereocenters. The number of hydrogen-bond donors (Lipinski definition) is 0. The van der Waals surface area contributed by atoms with Gasteiger partial charge in [-0.2, -0.15) is 0 Å². The highest BCUT2D eigenvalue weighted by molar-refractivity contribution is 5.98. The number of benzene rings is 1. The molecule has 5 rings (SSSR count). The summed E-state index contributed by atoms with van der Waals surface area (Å²) in [6.45, 7) is 29.1. The van der Waals surface area contributed by atoms with Crippen molar-refractivity contribution in [1.82, 2.24) is 4.90 Å². The molecule has 2 bridgehead atoms. The van der Waals surface area contributed by atoms with Gasteiger partial charge in [0, 0.05) is 29.1 Å². The molecule has 1 saturated heterocycles. The van der Waals surface area contributed by atoms with Gasteiger partial charge in [-0.05, 0) is 101 Å². The summed E-state index contributed by atoms with van der Waals surface area (Å²) in [4.78, 5) is 7.85. The van der Waals surface area contributed by atoms with Crippen LogP contribution >= 0.6 is 0 Å². The lowest BCUT2D eigenvalue weighted by Gasteiger charge is -2.59. The molecule has 5 atom stereocenters. The first-order chi connectivity index (χ1) is 18.5. The number of fused-ring (bicyclic) bond motifs is 1. The molecule has 0 amide bonds. The van der Waals surface area contributed by atoms with Crippen LogP contribution in [0.3, 0.4) is 0 Å². The van der Waals surface area contributed by atoms with Crippen molar-refractivity contribution in [3.05, 3.63) is 83.5 Å². The molecule has 1 aliphatic heterocycles. The van der Waals surface area contributed by atoms with Gasteiger partial charge < -0.3 is 0 Å². The number of allylic oxidation sites excluding steroid dienone is 5. The van der Waals surface area contributed by atoms with Crippen LogP contribution in [0.4, 0.5) is 0 Å². The third-order valence-electron chi connectivity index (χ3n) is 12.0. The fourth-order valence-corrected chi connectivity index (χ4v) is 8.77. The standard InChI is InChI=1S/C37H52N2/c1-10-14-33-32-21-34-36(33,9)37(28(32)5,19-20-39(34)24-30-17-18-30)22-25(2)27(4)35(7,8)26(3)23-38-29(6)31-15-12-11-13-16-31/h10-16,30,32-34H,3,5,17-24H2,1-2,4,6-9H3/b14-10-,27-25+,38-29+. The quantitative estimate of drug-likeness (QED) is 0.220. The van der Waals surface area contributed by atoms with Gasteiger partial charge >= 0.3 is 0 Å². The normalized spacial score (nSPS) is 33.7. The van der Waals surface area contributed by atoms with Crippen LogP contribution in [0.2, 0.25) is 0 Å². The van der Waals surface area contributed by atoms with Crippen LogP contribution in [-0.4, -0.2) is 36.3 Å². The number of rotatable bonds is 10. The van der Waals surface area contributed by atoms with Gasteiger partial charge in [-0.1, -0.05) is 93.1 Å². The Morgan fingerprint density at radius 2 is 1.85 bits per heavy atom. The second-order valence-corrected chi connectivity index (χ2v) is 14.1. The van der Waals surface area contributed by atoms with Crippen molar-refractivity contribution in [2.45, 2.75) is 86.6 Å². The van der Waals surface area contributed by atoms with Crippen LogP contribution in [0.1, 0.15) is 86.1 Å². The summed E-state index contributed by atoms with van der Waals surface area (Å²) in [7, 11) is 0. The second-order valence-electron chi connectivity index (χ2n) is 14.1. The Morgan fingerprint density at radius 3 is 2.49 bits per heavy atom. The molecular formula is C37H52N2. The molecule has 0 radical (unpaired) electrons. The molecule has 1 aromatic carbocycles. The highest BCUT2D eigenvalue weighted by atomic mass is 15.2. The highest BCUT2D eigenvalue weighted by Gasteiger charge is 2.72. The Bertz CT molecular complexity index is 1210. The monoisotopic (exact) mass is 524 g/mol. The van der Waals surface area contributed by atoms with Gasteiger partial charge in [-0.25, -0.2) is 0 Å². The number of hydrogen-bond acceptors (Lipinski definition) is 2. The SMILES string of the molecule is C=C(C/N=C(\C)c1ccccc1)C(C)(C)/C(C)=C(\C)CC12CCN(CC3CC3)C3CC(C1=C)C(/C=C\C)C32C. The summed E-state index contributed by atoms with van der Waals surface area (Å²) in [6, 6.07) is 11.2. The van der Waals surface area contributed by atoms with Gasteiger partial charge in [-0.15, -0.1) is 0 Å². The summed E-state index contributed by atoms with van der Waals surface area (Å²) in [6.07, 6.45) is 11.4. The van der Waals surface area contributed by atoms with Gasteiger partial charge in [0.25, 0.3) is 0 Å². The van der Waals surface area contributed by atoms with Crippen molar-refractivity contribution >= 4 is 5.71 Å². The van der Waals surface area contributed by atoms with Gasteiger partial charge in [-0.3, -0.25) is 9.89 Å². The van der Waals surface area contributed by atoms with E-state index in [-0.39, 0.29) is 16.2 Å². The minimum atomic E-state index is -0.101. The van der Waals surface area contributed by atoms with Crippen molar-refractivity contribution < 1.29 is 0 Å². The Labute approximate surface area is 239 Å². The maximum absolute atomic E-state index is 4.94. The molecule has 0 spiro atoms. The predicted octanol–water partition coefficient (Wildman–Crippen LogP) is 9.06. The van der Waals surface area contributed by atoms with Crippen LogP contribution in [0.25, 0.3) is 0 Å². The van der Waals surface area contributed by atoms with E-state index in [0.717, 1.165) is 18.1 Å². The number of nitrogens with zero attached hydrogens (tertiary/aromatic N) is 2. The van der Waals surface area contributed by atoms with E-state index in [1.54, 1.807) is 5.57 Å². The molecule has 2 heteroatoms. The fraction of sp³-hybridized carbons (Fsp3) is 0.595. The average molecular weight is 525 g/mol. The van der Waals surface area contributed by atoms with Crippen LogP contribution in [0.15, 0.2) is 82.9 Å². The average Bonchev–Trinajstić information content (AvgIpc) is 3.66. The van der Waals surface area contributed by atoms with Crippen LogP contribution in [-0.2, 0) is 0 Å². The topological polar surface area (TPSA) is 15.6 Å². The summed E-state index contributed by atoms with van der Waals surface area (Å²) < 4.78 is 0. The van der Waals surface area contributed by atoms with E-state index in [0.29, 0.717) is 24.4 Å². The third-order valence-corrected chi connectivity index (χ3v) is 12.0. The molecule has 1 aromatic rings. The molecule has 4 aliphatic rings. The largest absolute Gasteiger partial charge is 0.299 e. The molecule has 3 saturated carbocycles. The van der Waals surface area contributed by atoms with Gasteiger partial charge in [0.15, 0.2) is 0 Å². The predicted molar refractivity (Wildman–Crippen MR) is 168 cm³/mol. The zero-order valence-corrected chi connectivity index (χ0v) is 25.8. The molecule has 210 valence electrons. The van der Waals surface area contributed by atoms with Crippen molar-refractivity contribution in [1.29, 1.82) is 0 Å². The van der Waals surface area contributed by atoms with E-state index in [1.807, 2.05) is 0 Å². The zero-order valence-electron chi connectivity index (χ0n) is 25.8. The lowest BCUT2D eigenvalue weighted by Crippen LogP contribution is -2.60. The summed E-state index contributed by atoms with van der Waals surface area (Å²) in [5.41, 5.74) is 8.36. The Hall–Kier alpha value is -2.19. The fourth-order valence-electron chi connectivity index (χ4n) is 8.77. The van der Waals surface area contributed by atoms with Gasteiger partial charge in [0.05, 0.1) is 6.54 Å². The molecule has 0 aromatic heterocycles. The van der Waals surface area contributed by atoms with Gasteiger partial charge in [0.2, 0.25) is 0 Å². The van der Waals surface area contributed by atoms with E-state index in [9.17, 15) is 0 Å². The van der Waals surface area contributed by atoms with E-state index in [4.69, 9.17) is 11.6 Å². The molecule has 0 N–H and O–H groups in total. The molecule has 4 fully saturated rings. The summed E-state index contributed by atoms with van der Waals surface area (Å²) in [5, 5.41) is 0. The van der Waals surface area contributed by atoms with Crippen molar-refractivity contribution in [3.63, 3.8) is 0 Å². The molecule has 39 heavy (non-hydrogen) atoms. The van der Waals surface area contributed by atoms with Crippen molar-refractivity contribution in [2.24, 2.45) is 39.0 Å². The minimum absolute atomic E-state index is 0.101. The van der Waals surface area contributed by atoms with Crippen LogP contribution < -0.4 is 0 Å². The second kappa shape index (κ2) is 10.3. The number of piperidine rings is 1. The Morgan fingerprint density at radius 1 is 1.15 bits per heavy atom. The van der Waals surface area contributed by atoms with Crippen LogP contribution in [0.5, 0.6) is 0 Å². The maximum atomic E-state index is 4.94. The lowest BCUT2D eigenvalue weighted by atomic mass is 9.52. The smallest absolute Gasteiger partial charge is 0.0608 e. The van der Waals surface area contributed by atoms with Crippen molar-refractivity contribution in [2.75, 3.05) is 19.6 Å². The first-order valence-corrected chi connectivity index (χ1v) is 15.4. The third kappa shape index (κ3) is 4.55. The van der Waals surface area contributed by atoms with E-state index in [2.05, 4.69) is 102 Å². The first-order valence-electron chi connectivity index (χ1n) is 15.4. The van der Waals surface area contributed by atoms with E-state index >= 15 is 0 Å². The van der Waals surface area contributed by atoms with Crippen LogP contribution in [0, 0.1) is 34.0 Å². The minimum Gasteiger partial charge on any atom is -0.299 e. The maximum Gasteiger partial charge on any atom is 0.0608 e. The molecular weight excluding hydrogens is 472 g/mol. The molecule has 3 aliphatic carbocycles.